The number of furan rings is 1. The topological polar surface area (TPSA) is 64.6 Å². The molecule has 0 bridgehead atoms. The minimum Gasteiger partial charge on any atom is -0.478 e. The second-order valence-electron chi connectivity index (χ2n) is 4.40. The lowest BCUT2D eigenvalue weighted by atomic mass is 10.2. The predicted molar refractivity (Wildman–Crippen MR) is 75.3 cm³/mol. The van der Waals surface area contributed by atoms with Gasteiger partial charge in [-0.25, -0.2) is 4.79 Å². The number of carboxylic acids is 1. The standard InChI is InChI=1S/C14H16ClNO4/c1-9-11(14(17)18)12(15)13(10-5-3-8-20-10)16(9)6-4-7-19-2/h3,5,8H,4,6-7H2,1-2H3,(H,17,18). The van der Waals surface area contributed by atoms with Gasteiger partial charge in [0.1, 0.15) is 5.69 Å². The number of aromatic nitrogens is 1. The minimum atomic E-state index is -1.04. The monoisotopic (exact) mass is 297 g/mol. The van der Waals surface area contributed by atoms with Gasteiger partial charge in [0.05, 0.1) is 16.8 Å². The van der Waals surface area contributed by atoms with Crippen LogP contribution >= 0.6 is 11.6 Å². The Morgan fingerprint density at radius 3 is 2.85 bits per heavy atom. The van der Waals surface area contributed by atoms with Gasteiger partial charge in [-0.1, -0.05) is 11.6 Å². The summed E-state index contributed by atoms with van der Waals surface area (Å²) in [5.41, 5.74) is 1.34. The van der Waals surface area contributed by atoms with Crippen molar-refractivity contribution in [3.05, 3.63) is 34.7 Å². The van der Waals surface area contributed by atoms with Gasteiger partial charge in [0.15, 0.2) is 5.76 Å². The van der Waals surface area contributed by atoms with Crippen LogP contribution in [0.5, 0.6) is 0 Å². The van der Waals surface area contributed by atoms with Crippen molar-refractivity contribution in [1.82, 2.24) is 4.57 Å². The largest absolute Gasteiger partial charge is 0.478 e. The molecule has 0 spiro atoms. The quantitative estimate of drug-likeness (QED) is 0.830. The molecule has 0 fully saturated rings. The van der Waals surface area contributed by atoms with Crippen molar-refractivity contribution in [1.29, 1.82) is 0 Å². The lowest BCUT2D eigenvalue weighted by molar-refractivity contribution is 0.0696. The van der Waals surface area contributed by atoms with Crippen molar-refractivity contribution in [2.24, 2.45) is 0 Å². The molecular weight excluding hydrogens is 282 g/mol. The summed E-state index contributed by atoms with van der Waals surface area (Å²) in [5.74, 6) is -0.478. The summed E-state index contributed by atoms with van der Waals surface area (Å²) >= 11 is 6.24. The average Bonchev–Trinajstić information content (AvgIpc) is 2.97. The lowest BCUT2D eigenvalue weighted by Crippen LogP contribution is -2.06. The van der Waals surface area contributed by atoms with Gasteiger partial charge in [-0.2, -0.15) is 0 Å². The molecule has 0 unspecified atom stereocenters. The molecule has 0 amide bonds. The molecule has 2 aromatic heterocycles. The number of methoxy groups -OCH3 is 1. The zero-order valence-electron chi connectivity index (χ0n) is 11.4. The van der Waals surface area contributed by atoms with Crippen molar-refractivity contribution in [3.63, 3.8) is 0 Å². The molecule has 5 nitrogen and oxygen atoms in total. The number of carbonyl (C=O) groups is 1. The van der Waals surface area contributed by atoms with E-state index in [0.717, 1.165) is 6.42 Å². The summed E-state index contributed by atoms with van der Waals surface area (Å²) in [7, 11) is 1.63. The number of hydrogen-bond acceptors (Lipinski definition) is 3. The van der Waals surface area contributed by atoms with Gasteiger partial charge in [0.2, 0.25) is 0 Å². The fraction of sp³-hybridized carbons (Fsp3) is 0.357. The normalized spacial score (nSPS) is 10.9. The minimum absolute atomic E-state index is 0.121. The third-order valence-corrected chi connectivity index (χ3v) is 3.53. The highest BCUT2D eigenvalue weighted by atomic mass is 35.5. The summed E-state index contributed by atoms with van der Waals surface area (Å²) < 4.78 is 12.3. The molecular formula is C14H16ClNO4. The van der Waals surface area contributed by atoms with E-state index in [1.54, 1.807) is 26.2 Å². The lowest BCUT2D eigenvalue weighted by Gasteiger charge is -2.10. The number of rotatable bonds is 6. The van der Waals surface area contributed by atoms with E-state index in [9.17, 15) is 9.90 Å². The Morgan fingerprint density at radius 2 is 2.30 bits per heavy atom. The molecule has 1 N–H and O–H groups in total. The van der Waals surface area contributed by atoms with Crippen LogP contribution in [-0.4, -0.2) is 29.4 Å². The molecule has 108 valence electrons. The molecule has 0 atom stereocenters. The van der Waals surface area contributed by atoms with Crippen LogP contribution in [-0.2, 0) is 11.3 Å². The van der Waals surface area contributed by atoms with E-state index >= 15 is 0 Å². The van der Waals surface area contributed by atoms with Gasteiger partial charge in [-0.05, 0) is 25.5 Å². The van der Waals surface area contributed by atoms with E-state index in [1.807, 2.05) is 4.57 Å². The molecule has 0 aliphatic rings. The van der Waals surface area contributed by atoms with Crippen LogP contribution in [0.25, 0.3) is 11.5 Å². The van der Waals surface area contributed by atoms with Crippen LogP contribution in [0.2, 0.25) is 5.02 Å². The van der Waals surface area contributed by atoms with Crippen molar-refractivity contribution < 1.29 is 19.1 Å². The van der Waals surface area contributed by atoms with E-state index in [0.29, 0.717) is 30.3 Å². The van der Waals surface area contributed by atoms with E-state index < -0.39 is 5.97 Å². The van der Waals surface area contributed by atoms with Crippen molar-refractivity contribution in [2.75, 3.05) is 13.7 Å². The first-order valence-electron chi connectivity index (χ1n) is 6.22. The second kappa shape index (κ2) is 6.15. The first kappa shape index (κ1) is 14.7. The third-order valence-electron chi connectivity index (χ3n) is 3.16. The van der Waals surface area contributed by atoms with Gasteiger partial charge >= 0.3 is 5.97 Å². The maximum atomic E-state index is 11.4. The molecule has 0 radical (unpaired) electrons. The van der Waals surface area contributed by atoms with Crippen molar-refractivity contribution in [3.8, 4) is 11.5 Å². The molecule has 0 saturated heterocycles. The molecule has 20 heavy (non-hydrogen) atoms. The van der Waals surface area contributed by atoms with Crippen LogP contribution in [0.15, 0.2) is 22.8 Å². The smallest absolute Gasteiger partial charge is 0.339 e. The van der Waals surface area contributed by atoms with Gasteiger partial charge in [0, 0.05) is 26.0 Å². The van der Waals surface area contributed by atoms with E-state index in [-0.39, 0.29) is 10.6 Å². The van der Waals surface area contributed by atoms with Crippen LogP contribution in [0, 0.1) is 6.92 Å². The molecule has 2 heterocycles. The molecule has 0 aliphatic carbocycles. The molecule has 2 rings (SSSR count). The first-order valence-corrected chi connectivity index (χ1v) is 6.60. The number of halogens is 1. The Bertz CT molecular complexity index is 601. The summed E-state index contributed by atoms with van der Waals surface area (Å²) in [4.78, 5) is 11.4. The number of aromatic carboxylic acids is 1. The van der Waals surface area contributed by atoms with Crippen LogP contribution in [0.4, 0.5) is 0 Å². The Balaban J connectivity index is 2.52. The average molecular weight is 298 g/mol. The highest BCUT2D eigenvalue weighted by Crippen LogP contribution is 2.36. The number of nitrogens with zero attached hydrogens (tertiary/aromatic N) is 1. The van der Waals surface area contributed by atoms with E-state index in [1.165, 1.54) is 6.26 Å². The summed E-state index contributed by atoms with van der Waals surface area (Å²) in [6.45, 7) is 2.95. The maximum absolute atomic E-state index is 11.4. The Morgan fingerprint density at radius 1 is 1.55 bits per heavy atom. The van der Waals surface area contributed by atoms with Crippen LogP contribution in [0.1, 0.15) is 22.5 Å². The van der Waals surface area contributed by atoms with Gasteiger partial charge < -0.3 is 18.8 Å². The van der Waals surface area contributed by atoms with Crippen molar-refractivity contribution >= 4 is 17.6 Å². The molecule has 0 aromatic carbocycles. The third kappa shape index (κ3) is 2.59. The molecule has 6 heteroatoms. The Kier molecular flexibility index (Phi) is 4.52. The van der Waals surface area contributed by atoms with E-state index in [4.69, 9.17) is 20.8 Å². The zero-order chi connectivity index (χ0) is 14.7. The summed E-state index contributed by atoms with van der Waals surface area (Å²) in [6, 6.07) is 3.51. The number of hydrogen-bond donors (Lipinski definition) is 1. The fourth-order valence-corrected chi connectivity index (χ4v) is 2.66. The van der Waals surface area contributed by atoms with Crippen molar-refractivity contribution in [2.45, 2.75) is 19.9 Å². The highest BCUT2D eigenvalue weighted by molar-refractivity contribution is 6.36. The summed E-state index contributed by atoms with van der Waals surface area (Å²) in [6.07, 6.45) is 2.29. The Labute approximate surface area is 121 Å². The predicted octanol–water partition coefficient (Wildman–Crippen LogP) is 3.44. The number of ether oxygens (including phenoxy) is 1. The van der Waals surface area contributed by atoms with Gasteiger partial charge in [-0.15, -0.1) is 0 Å². The summed E-state index contributed by atoms with van der Waals surface area (Å²) in [5, 5.41) is 9.51. The first-order chi connectivity index (χ1) is 9.57. The molecule has 0 aliphatic heterocycles. The SMILES string of the molecule is COCCCn1c(C)c(C(=O)O)c(Cl)c1-c1ccco1. The maximum Gasteiger partial charge on any atom is 0.339 e. The second-order valence-corrected chi connectivity index (χ2v) is 4.78. The zero-order valence-corrected chi connectivity index (χ0v) is 12.1. The van der Waals surface area contributed by atoms with E-state index in [2.05, 4.69) is 0 Å². The highest BCUT2D eigenvalue weighted by Gasteiger charge is 2.25. The fourth-order valence-electron chi connectivity index (χ4n) is 2.25. The Hall–Kier alpha value is -1.72. The van der Waals surface area contributed by atoms with Crippen LogP contribution in [0.3, 0.4) is 0 Å². The van der Waals surface area contributed by atoms with Gasteiger partial charge in [0.25, 0.3) is 0 Å². The molecule has 2 aromatic rings. The van der Waals surface area contributed by atoms with Gasteiger partial charge in [-0.3, -0.25) is 0 Å². The molecule has 0 saturated carbocycles. The number of carboxylic acid groups (broad SMARTS) is 1. The van der Waals surface area contributed by atoms with Crippen LogP contribution < -0.4 is 0 Å².